The van der Waals surface area contributed by atoms with Crippen molar-refractivity contribution in [3.63, 3.8) is 0 Å². The van der Waals surface area contributed by atoms with E-state index >= 15 is 0 Å². The van der Waals surface area contributed by atoms with Gasteiger partial charge in [-0.25, -0.2) is 0 Å². The molecule has 4 amide bonds. The second kappa shape index (κ2) is 27.3. The standard InChI is InChI=1S/C31H51N5O8/c1-26(37)33-14-18-41-22-24-43-20-16-35-30(39)27-9-11-28(12-10-27)31(40)36-17-21-44-25-23-42-19-15-34-29(38)8-6-4-3-5-7-13-32-2/h9,11,32H,3-8,13-25H2,1-2H3,(H,33,37)(H,34,38)(H,35,39)(H,36,40). The van der Waals surface area contributed by atoms with Crippen molar-refractivity contribution in [1.29, 1.82) is 0 Å². The van der Waals surface area contributed by atoms with Crippen LogP contribution >= 0.6 is 0 Å². The van der Waals surface area contributed by atoms with Gasteiger partial charge in [-0.05, 0) is 38.6 Å². The van der Waals surface area contributed by atoms with Gasteiger partial charge in [0.2, 0.25) is 11.8 Å². The summed E-state index contributed by atoms with van der Waals surface area (Å²) in [4.78, 5) is 47.1. The van der Waals surface area contributed by atoms with Crippen molar-refractivity contribution in [2.24, 2.45) is 0 Å². The number of carbonyl (C=O) groups excluding carboxylic acids is 4. The Hall–Kier alpha value is -3.28. The molecule has 0 aliphatic carbocycles. The molecule has 248 valence electrons. The summed E-state index contributed by atoms with van der Waals surface area (Å²) < 4.78 is 21.6. The summed E-state index contributed by atoms with van der Waals surface area (Å²) in [5.74, 6) is -0.731. The van der Waals surface area contributed by atoms with Crippen molar-refractivity contribution in [3.05, 3.63) is 35.4 Å². The van der Waals surface area contributed by atoms with Crippen LogP contribution in [0.5, 0.6) is 0 Å². The first kappa shape index (κ1) is 38.7. The molecule has 0 fully saturated rings. The first-order valence-corrected chi connectivity index (χ1v) is 15.4. The molecule has 44 heavy (non-hydrogen) atoms. The van der Waals surface area contributed by atoms with E-state index in [9.17, 15) is 19.2 Å². The van der Waals surface area contributed by atoms with Crippen LogP contribution in [0.3, 0.4) is 0 Å². The second-order valence-electron chi connectivity index (χ2n) is 9.83. The Bertz CT molecular complexity index is 917. The molecule has 0 heterocycles. The lowest BCUT2D eigenvalue weighted by Crippen LogP contribution is -2.29. The molecule has 1 aromatic rings. The highest BCUT2D eigenvalue weighted by Gasteiger charge is 2.08. The summed E-state index contributed by atoms with van der Waals surface area (Å²) in [5.41, 5.74) is 0.523. The summed E-state index contributed by atoms with van der Waals surface area (Å²) in [6, 6.07) is 8.43. The van der Waals surface area contributed by atoms with Gasteiger partial charge in [-0.2, -0.15) is 0 Å². The first-order valence-electron chi connectivity index (χ1n) is 15.4. The van der Waals surface area contributed by atoms with Crippen LogP contribution in [0.4, 0.5) is 0 Å². The molecule has 13 heteroatoms. The molecule has 5 N–H and O–H groups in total. The highest BCUT2D eigenvalue weighted by atomic mass is 16.5. The van der Waals surface area contributed by atoms with Crippen LogP contribution < -0.4 is 26.6 Å². The normalized spacial score (nSPS) is 10.6. The summed E-state index contributed by atoms with van der Waals surface area (Å²) in [6.45, 7) is 7.01. The topological polar surface area (TPSA) is 165 Å². The van der Waals surface area contributed by atoms with Crippen molar-refractivity contribution in [2.45, 2.75) is 45.4 Å². The van der Waals surface area contributed by atoms with Crippen molar-refractivity contribution in [1.82, 2.24) is 26.6 Å². The van der Waals surface area contributed by atoms with E-state index in [0.717, 1.165) is 25.8 Å². The maximum Gasteiger partial charge on any atom is 0.259 e. The summed E-state index contributed by atoms with van der Waals surface area (Å²) in [7, 11) is 1.96. The van der Waals surface area contributed by atoms with Gasteiger partial charge in [0.1, 0.15) is 0 Å². The van der Waals surface area contributed by atoms with E-state index in [0.29, 0.717) is 85.5 Å². The lowest BCUT2D eigenvalue weighted by Gasteiger charge is -2.08. The summed E-state index contributed by atoms with van der Waals surface area (Å²) in [6.07, 6.45) is 6.07. The van der Waals surface area contributed by atoms with Crippen LogP contribution in [0.15, 0.2) is 12.1 Å². The van der Waals surface area contributed by atoms with Gasteiger partial charge in [-0.3, -0.25) is 19.2 Å². The second-order valence-corrected chi connectivity index (χ2v) is 9.83. The minimum absolute atomic E-state index is 0.0562. The number of unbranched alkanes of at least 4 members (excludes halogenated alkanes) is 4. The fraction of sp³-hybridized carbons (Fsp3) is 0.677. The lowest BCUT2D eigenvalue weighted by atomic mass is 10.1. The SMILES string of the molecule is CNCCCCCCCC(=O)NCCOCCOCCNC(=O)c1c#cc(C(=O)NCCOCCOCCNC(C)=O)cc1. The zero-order chi connectivity index (χ0) is 32.1. The van der Waals surface area contributed by atoms with E-state index in [1.807, 2.05) is 7.05 Å². The van der Waals surface area contributed by atoms with Gasteiger partial charge in [0.25, 0.3) is 11.8 Å². The number of amides is 4. The number of carbonyl (C=O) groups is 4. The highest BCUT2D eigenvalue weighted by Crippen LogP contribution is 2.04. The van der Waals surface area contributed by atoms with Crippen molar-refractivity contribution in [2.75, 3.05) is 92.6 Å². The maximum absolute atomic E-state index is 12.3. The molecule has 0 saturated carbocycles. The van der Waals surface area contributed by atoms with E-state index in [1.165, 1.54) is 31.9 Å². The van der Waals surface area contributed by atoms with E-state index in [4.69, 9.17) is 18.9 Å². The Morgan fingerprint density at radius 2 is 1.00 bits per heavy atom. The largest absolute Gasteiger partial charge is 0.377 e. The zero-order valence-corrected chi connectivity index (χ0v) is 26.4. The lowest BCUT2D eigenvalue weighted by molar-refractivity contribution is -0.121. The number of hydrogen-bond acceptors (Lipinski definition) is 9. The fourth-order valence-electron chi connectivity index (χ4n) is 3.73. The number of rotatable bonds is 28. The Morgan fingerprint density at radius 3 is 1.45 bits per heavy atom. The maximum atomic E-state index is 12.3. The van der Waals surface area contributed by atoms with Crippen LogP contribution in [-0.4, -0.2) is 116 Å². The van der Waals surface area contributed by atoms with Crippen LogP contribution in [0.25, 0.3) is 0 Å². The van der Waals surface area contributed by atoms with Crippen molar-refractivity contribution < 1.29 is 38.1 Å². The van der Waals surface area contributed by atoms with Gasteiger partial charge in [-0.1, -0.05) is 31.4 Å². The third kappa shape index (κ3) is 22.3. The molecule has 0 unspecified atom stereocenters. The van der Waals surface area contributed by atoms with Gasteiger partial charge in [0.05, 0.1) is 64.0 Å². The van der Waals surface area contributed by atoms with Crippen LogP contribution in [0.1, 0.15) is 66.2 Å². The molecule has 0 spiro atoms. The molecule has 1 rings (SSSR count). The molecular formula is C31H51N5O8. The third-order valence-corrected chi connectivity index (χ3v) is 6.07. The minimum atomic E-state index is -0.344. The summed E-state index contributed by atoms with van der Waals surface area (Å²) >= 11 is 0. The van der Waals surface area contributed by atoms with Gasteiger partial charge in [0.15, 0.2) is 0 Å². The Morgan fingerprint density at radius 1 is 0.568 bits per heavy atom. The summed E-state index contributed by atoms with van der Waals surface area (Å²) in [5, 5.41) is 14.1. The van der Waals surface area contributed by atoms with Gasteiger partial charge >= 0.3 is 0 Å². The predicted molar refractivity (Wildman–Crippen MR) is 165 cm³/mol. The average molecular weight is 622 g/mol. The number of nitrogens with one attached hydrogen (secondary N) is 5. The molecule has 13 nitrogen and oxygen atoms in total. The Labute approximate surface area is 261 Å². The smallest absolute Gasteiger partial charge is 0.259 e. The highest BCUT2D eigenvalue weighted by molar-refractivity contribution is 5.96. The Balaban J connectivity index is 1.98. The molecule has 0 bridgehead atoms. The van der Waals surface area contributed by atoms with E-state index in [-0.39, 0.29) is 34.8 Å². The quantitative estimate of drug-likeness (QED) is 0.0844. The number of hydrogen-bond donors (Lipinski definition) is 5. The fourth-order valence-corrected chi connectivity index (χ4v) is 3.73. The minimum Gasteiger partial charge on any atom is -0.377 e. The Kier molecular flexibility index (Phi) is 24.0. The van der Waals surface area contributed by atoms with Gasteiger partial charge in [-0.15, -0.1) is 0 Å². The molecule has 0 atom stereocenters. The van der Waals surface area contributed by atoms with E-state index < -0.39 is 0 Å². The molecule has 1 aromatic carbocycles. The monoisotopic (exact) mass is 621 g/mol. The molecule has 0 saturated heterocycles. The van der Waals surface area contributed by atoms with Crippen molar-refractivity contribution >= 4 is 23.6 Å². The van der Waals surface area contributed by atoms with Crippen LogP contribution in [0.2, 0.25) is 0 Å². The number of ether oxygens (including phenoxy) is 4. The van der Waals surface area contributed by atoms with Gasteiger partial charge in [0, 0.05) is 39.5 Å². The van der Waals surface area contributed by atoms with E-state index in [2.05, 4.69) is 38.7 Å². The predicted octanol–water partition coefficient (Wildman–Crippen LogP) is 0.625. The van der Waals surface area contributed by atoms with Crippen LogP contribution in [-0.2, 0) is 28.5 Å². The average Bonchev–Trinajstić information content (AvgIpc) is 3.02. The van der Waals surface area contributed by atoms with Gasteiger partial charge < -0.3 is 45.5 Å². The van der Waals surface area contributed by atoms with E-state index in [1.54, 1.807) is 0 Å². The van der Waals surface area contributed by atoms with Crippen LogP contribution in [0, 0.1) is 12.1 Å². The molecular weight excluding hydrogens is 570 g/mol. The molecule has 0 radical (unpaired) electrons. The zero-order valence-electron chi connectivity index (χ0n) is 26.4. The third-order valence-electron chi connectivity index (χ3n) is 6.07. The van der Waals surface area contributed by atoms with Crippen molar-refractivity contribution in [3.8, 4) is 0 Å². The molecule has 0 aliphatic heterocycles. The molecule has 0 aromatic heterocycles. The first-order chi connectivity index (χ1) is 21.4. The molecule has 0 aliphatic rings.